The molecule has 0 spiro atoms. The third-order valence-corrected chi connectivity index (χ3v) is 4.46. The van der Waals surface area contributed by atoms with Crippen molar-refractivity contribution in [1.82, 2.24) is 4.98 Å². The van der Waals surface area contributed by atoms with Crippen LogP contribution in [0.25, 0.3) is 21.8 Å². The molecule has 4 nitrogen and oxygen atoms in total. The van der Waals surface area contributed by atoms with Gasteiger partial charge in [-0.05, 0) is 30.2 Å². The summed E-state index contributed by atoms with van der Waals surface area (Å²) in [5.41, 5.74) is 5.12. The number of amides is 1. The number of rotatable bonds is 2. The van der Waals surface area contributed by atoms with Gasteiger partial charge in [-0.15, -0.1) is 11.3 Å². The van der Waals surface area contributed by atoms with E-state index in [-0.39, 0.29) is 5.91 Å². The number of furan rings is 1. The number of carbonyl (C=O) groups is 1. The summed E-state index contributed by atoms with van der Waals surface area (Å²) >= 11 is 1.60. The smallest absolute Gasteiger partial charge is 0.224 e. The van der Waals surface area contributed by atoms with Crippen molar-refractivity contribution in [2.45, 2.75) is 12.8 Å². The average molecular weight is 296 g/mol. The van der Waals surface area contributed by atoms with Crippen molar-refractivity contribution in [3.05, 3.63) is 47.7 Å². The standard InChI is InChI=1S/C16H12N2O2S/c19-15-4-2-10-7-11(1-3-13(10)17-15)14-9-21-16(18-14)12-5-6-20-8-12/h1,3,5-9H,2,4H2,(H,17,19). The van der Waals surface area contributed by atoms with Crippen LogP contribution >= 0.6 is 11.3 Å². The van der Waals surface area contributed by atoms with Crippen molar-refractivity contribution < 1.29 is 9.21 Å². The van der Waals surface area contributed by atoms with Crippen LogP contribution in [0.4, 0.5) is 5.69 Å². The summed E-state index contributed by atoms with van der Waals surface area (Å²) < 4.78 is 5.09. The summed E-state index contributed by atoms with van der Waals surface area (Å²) in [4.78, 5) is 16.0. The van der Waals surface area contributed by atoms with Crippen LogP contribution in [0.2, 0.25) is 0 Å². The normalized spacial score (nSPS) is 13.8. The van der Waals surface area contributed by atoms with Crippen LogP contribution in [-0.4, -0.2) is 10.9 Å². The van der Waals surface area contributed by atoms with Crippen LogP contribution in [0.1, 0.15) is 12.0 Å². The molecule has 3 aromatic rings. The molecule has 1 aliphatic rings. The van der Waals surface area contributed by atoms with Gasteiger partial charge < -0.3 is 9.73 Å². The van der Waals surface area contributed by atoms with Crippen molar-refractivity contribution in [3.8, 4) is 21.8 Å². The fraction of sp³-hybridized carbons (Fsp3) is 0.125. The maximum Gasteiger partial charge on any atom is 0.224 e. The van der Waals surface area contributed by atoms with E-state index in [1.807, 2.05) is 23.6 Å². The quantitative estimate of drug-likeness (QED) is 0.779. The van der Waals surface area contributed by atoms with Gasteiger partial charge in [-0.25, -0.2) is 4.98 Å². The first-order valence-electron chi connectivity index (χ1n) is 6.71. The molecule has 1 aromatic carbocycles. The van der Waals surface area contributed by atoms with E-state index >= 15 is 0 Å². The Morgan fingerprint density at radius 2 is 2.14 bits per heavy atom. The number of aryl methyl sites for hydroxylation is 1. The van der Waals surface area contributed by atoms with Gasteiger partial charge in [0.25, 0.3) is 0 Å². The van der Waals surface area contributed by atoms with Gasteiger partial charge in [0.15, 0.2) is 0 Å². The molecular weight excluding hydrogens is 284 g/mol. The zero-order valence-electron chi connectivity index (χ0n) is 11.1. The SMILES string of the molecule is O=C1CCc2cc(-c3csc(-c4ccoc4)n3)ccc2N1. The van der Waals surface area contributed by atoms with E-state index in [2.05, 4.69) is 16.4 Å². The van der Waals surface area contributed by atoms with Gasteiger partial charge in [0.1, 0.15) is 11.3 Å². The Kier molecular flexibility index (Phi) is 2.86. The minimum atomic E-state index is 0.0890. The van der Waals surface area contributed by atoms with Crippen molar-refractivity contribution in [3.63, 3.8) is 0 Å². The van der Waals surface area contributed by atoms with E-state index in [1.165, 1.54) is 5.56 Å². The lowest BCUT2D eigenvalue weighted by atomic mass is 9.99. The summed E-state index contributed by atoms with van der Waals surface area (Å²) in [6, 6.07) is 7.98. The first-order chi connectivity index (χ1) is 10.3. The third-order valence-electron chi connectivity index (χ3n) is 3.57. The van der Waals surface area contributed by atoms with E-state index in [0.29, 0.717) is 6.42 Å². The number of fused-ring (bicyclic) bond motifs is 1. The highest BCUT2D eigenvalue weighted by Crippen LogP contribution is 2.32. The van der Waals surface area contributed by atoms with E-state index in [0.717, 1.165) is 33.9 Å². The van der Waals surface area contributed by atoms with Crippen LogP contribution < -0.4 is 5.32 Å². The average Bonchev–Trinajstić information content (AvgIpc) is 3.17. The Bertz CT molecular complexity index is 806. The van der Waals surface area contributed by atoms with Gasteiger partial charge in [0.2, 0.25) is 5.91 Å². The summed E-state index contributed by atoms with van der Waals surface area (Å²) in [5, 5.41) is 5.89. The molecule has 104 valence electrons. The van der Waals surface area contributed by atoms with Crippen LogP contribution in [-0.2, 0) is 11.2 Å². The molecule has 0 aliphatic carbocycles. The molecule has 0 saturated carbocycles. The Morgan fingerprint density at radius 3 is 3.00 bits per heavy atom. The second kappa shape index (κ2) is 4.86. The number of thiazole rings is 1. The molecular formula is C16H12N2O2S. The highest BCUT2D eigenvalue weighted by atomic mass is 32.1. The minimum Gasteiger partial charge on any atom is -0.472 e. The summed E-state index contributed by atoms with van der Waals surface area (Å²) in [5.74, 6) is 0.0890. The monoisotopic (exact) mass is 296 g/mol. The molecule has 0 fully saturated rings. The number of nitrogens with one attached hydrogen (secondary N) is 1. The zero-order chi connectivity index (χ0) is 14.2. The van der Waals surface area contributed by atoms with Crippen LogP contribution in [0.3, 0.4) is 0 Å². The molecule has 1 N–H and O–H groups in total. The van der Waals surface area contributed by atoms with Crippen LogP contribution in [0.5, 0.6) is 0 Å². The molecule has 21 heavy (non-hydrogen) atoms. The van der Waals surface area contributed by atoms with Crippen molar-refractivity contribution in [2.24, 2.45) is 0 Å². The lowest BCUT2D eigenvalue weighted by Crippen LogP contribution is -2.18. The minimum absolute atomic E-state index is 0.0890. The van der Waals surface area contributed by atoms with Gasteiger partial charge in [-0.2, -0.15) is 0 Å². The molecule has 0 radical (unpaired) electrons. The Morgan fingerprint density at radius 1 is 1.19 bits per heavy atom. The van der Waals surface area contributed by atoms with Crippen LogP contribution in [0, 0.1) is 0 Å². The molecule has 2 aromatic heterocycles. The largest absolute Gasteiger partial charge is 0.472 e. The van der Waals surface area contributed by atoms with E-state index in [1.54, 1.807) is 23.9 Å². The topological polar surface area (TPSA) is 55.1 Å². The molecule has 4 rings (SSSR count). The highest BCUT2D eigenvalue weighted by molar-refractivity contribution is 7.13. The lowest BCUT2D eigenvalue weighted by Gasteiger charge is -2.17. The molecule has 1 aliphatic heterocycles. The summed E-state index contributed by atoms with van der Waals surface area (Å²) in [7, 11) is 0. The van der Waals surface area contributed by atoms with Gasteiger partial charge in [0, 0.05) is 28.6 Å². The van der Waals surface area contributed by atoms with Gasteiger partial charge >= 0.3 is 0 Å². The number of benzene rings is 1. The summed E-state index contributed by atoms with van der Waals surface area (Å²) in [6.45, 7) is 0. The molecule has 5 heteroatoms. The van der Waals surface area contributed by atoms with Crippen molar-refractivity contribution >= 4 is 22.9 Å². The van der Waals surface area contributed by atoms with Gasteiger partial charge in [-0.1, -0.05) is 6.07 Å². The van der Waals surface area contributed by atoms with E-state index < -0.39 is 0 Å². The fourth-order valence-electron chi connectivity index (χ4n) is 2.47. The van der Waals surface area contributed by atoms with E-state index in [9.17, 15) is 4.79 Å². The van der Waals surface area contributed by atoms with Crippen molar-refractivity contribution in [1.29, 1.82) is 0 Å². The molecule has 3 heterocycles. The maximum absolute atomic E-state index is 11.4. The predicted molar refractivity (Wildman–Crippen MR) is 82.2 cm³/mol. The number of hydrogen-bond acceptors (Lipinski definition) is 4. The van der Waals surface area contributed by atoms with Crippen molar-refractivity contribution in [2.75, 3.05) is 5.32 Å². The lowest BCUT2D eigenvalue weighted by molar-refractivity contribution is -0.116. The molecule has 0 saturated heterocycles. The maximum atomic E-state index is 11.4. The summed E-state index contributed by atoms with van der Waals surface area (Å²) in [6.07, 6.45) is 4.69. The Hall–Kier alpha value is -2.40. The number of aromatic nitrogens is 1. The number of carbonyl (C=O) groups excluding carboxylic acids is 1. The number of nitrogens with zero attached hydrogens (tertiary/aromatic N) is 1. The van der Waals surface area contributed by atoms with E-state index in [4.69, 9.17) is 4.42 Å². The third kappa shape index (κ3) is 2.25. The predicted octanol–water partition coefficient (Wildman–Crippen LogP) is 3.95. The van der Waals surface area contributed by atoms with Gasteiger partial charge in [0.05, 0.1) is 12.0 Å². The molecule has 0 bridgehead atoms. The number of hydrogen-bond donors (Lipinski definition) is 1. The molecule has 1 amide bonds. The fourth-order valence-corrected chi connectivity index (χ4v) is 3.28. The first kappa shape index (κ1) is 12.3. The van der Waals surface area contributed by atoms with Gasteiger partial charge in [-0.3, -0.25) is 4.79 Å². The second-order valence-electron chi connectivity index (χ2n) is 4.97. The zero-order valence-corrected chi connectivity index (χ0v) is 11.9. The molecule has 0 atom stereocenters. The Labute approximate surface area is 125 Å². The number of anilines is 1. The Balaban J connectivity index is 1.69. The molecule has 0 unspecified atom stereocenters. The van der Waals surface area contributed by atoms with Crippen LogP contribution in [0.15, 0.2) is 46.6 Å². The highest BCUT2D eigenvalue weighted by Gasteiger charge is 2.16. The first-order valence-corrected chi connectivity index (χ1v) is 7.59. The second-order valence-corrected chi connectivity index (χ2v) is 5.83.